The highest BCUT2D eigenvalue weighted by molar-refractivity contribution is 7.93. The first-order valence-corrected chi connectivity index (χ1v) is 12.1. The number of nitrogens with one attached hydrogen (secondary N) is 1. The maximum atomic E-state index is 13.0. The predicted octanol–water partition coefficient (Wildman–Crippen LogP) is 4.54. The van der Waals surface area contributed by atoms with E-state index in [0.717, 1.165) is 11.1 Å². The molecule has 0 radical (unpaired) electrons. The molecule has 7 heteroatoms. The lowest BCUT2D eigenvalue weighted by Crippen LogP contribution is -2.56. The largest absolute Gasteiger partial charge is 0.487 e. The fourth-order valence-electron chi connectivity index (χ4n) is 3.87. The molecule has 1 N–H and O–H groups in total. The van der Waals surface area contributed by atoms with E-state index in [1.807, 2.05) is 54.6 Å². The Morgan fingerprint density at radius 1 is 0.818 bits per heavy atom. The molecule has 1 heterocycles. The first kappa shape index (κ1) is 21.0. The molecule has 0 unspecified atom stereocenters. The van der Waals surface area contributed by atoms with Crippen molar-refractivity contribution in [2.75, 3.05) is 17.8 Å². The molecule has 1 aliphatic rings. The van der Waals surface area contributed by atoms with E-state index in [1.54, 1.807) is 47.4 Å². The zero-order valence-corrected chi connectivity index (χ0v) is 18.5. The lowest BCUT2D eigenvalue weighted by molar-refractivity contribution is 0.0178. The molecule has 0 aromatic heterocycles. The van der Waals surface area contributed by atoms with Crippen LogP contribution in [0, 0.1) is 0 Å². The van der Waals surface area contributed by atoms with Gasteiger partial charge in [0.05, 0.1) is 18.0 Å². The third kappa shape index (κ3) is 4.40. The Morgan fingerprint density at radius 3 is 2.24 bits per heavy atom. The van der Waals surface area contributed by atoms with Gasteiger partial charge in [0.2, 0.25) is 0 Å². The monoisotopic (exact) mass is 458 g/mol. The number of carbonyl (C=O) groups excluding carboxylic acids is 1. The summed E-state index contributed by atoms with van der Waals surface area (Å²) in [5.74, 6) is 0.684. The molecular formula is C26H22N2O4S. The highest BCUT2D eigenvalue weighted by Gasteiger charge is 2.32. The van der Waals surface area contributed by atoms with E-state index in [0.29, 0.717) is 29.7 Å². The first-order valence-electron chi connectivity index (χ1n) is 10.6. The van der Waals surface area contributed by atoms with Crippen molar-refractivity contribution in [3.05, 3.63) is 103 Å². The molecule has 0 spiro atoms. The molecule has 33 heavy (non-hydrogen) atoms. The summed E-state index contributed by atoms with van der Waals surface area (Å²) < 4.78 is 34.4. The summed E-state index contributed by atoms with van der Waals surface area (Å²) in [6, 6.07) is 28.5. The number of hydrogen-bond donors (Lipinski definition) is 1. The Hall–Kier alpha value is -3.84. The Bertz CT molecular complexity index is 1390. The van der Waals surface area contributed by atoms with Crippen LogP contribution in [0.5, 0.6) is 5.75 Å². The molecule has 0 bridgehead atoms. The molecule has 1 saturated heterocycles. The van der Waals surface area contributed by atoms with Crippen molar-refractivity contribution in [2.45, 2.75) is 11.0 Å². The summed E-state index contributed by atoms with van der Waals surface area (Å²) in [6.45, 7) is 1.03. The Morgan fingerprint density at radius 2 is 1.48 bits per heavy atom. The summed E-state index contributed by atoms with van der Waals surface area (Å²) in [7, 11) is -3.78. The Labute approximate surface area is 192 Å². The van der Waals surface area contributed by atoms with Gasteiger partial charge in [0.15, 0.2) is 0 Å². The fraction of sp³-hybridized carbons (Fsp3) is 0.115. The van der Waals surface area contributed by atoms with Crippen LogP contribution >= 0.6 is 0 Å². The molecule has 4 aromatic carbocycles. The molecule has 5 rings (SSSR count). The number of para-hydroxylation sites is 1. The van der Waals surface area contributed by atoms with Gasteiger partial charge in [-0.3, -0.25) is 9.52 Å². The van der Waals surface area contributed by atoms with Gasteiger partial charge in [0.1, 0.15) is 11.9 Å². The summed E-state index contributed by atoms with van der Waals surface area (Å²) in [5, 5.41) is 1.51. The number of sulfonamides is 1. The average Bonchev–Trinajstić information content (AvgIpc) is 2.81. The normalized spacial score (nSPS) is 14.0. The van der Waals surface area contributed by atoms with Gasteiger partial charge in [-0.1, -0.05) is 54.6 Å². The van der Waals surface area contributed by atoms with Crippen LogP contribution in [-0.4, -0.2) is 38.4 Å². The summed E-state index contributed by atoms with van der Waals surface area (Å²) in [6.07, 6.45) is -0.0249. The Balaban J connectivity index is 1.24. The average molecular weight is 459 g/mol. The van der Waals surface area contributed by atoms with E-state index in [9.17, 15) is 13.2 Å². The lowest BCUT2D eigenvalue weighted by atomic mass is 10.1. The van der Waals surface area contributed by atoms with Gasteiger partial charge in [-0.05, 0) is 47.9 Å². The quantitative estimate of drug-likeness (QED) is 0.460. The van der Waals surface area contributed by atoms with Crippen LogP contribution < -0.4 is 9.46 Å². The van der Waals surface area contributed by atoms with Crippen LogP contribution in [0.15, 0.2) is 102 Å². The van der Waals surface area contributed by atoms with E-state index >= 15 is 0 Å². The van der Waals surface area contributed by atoms with E-state index in [2.05, 4.69) is 4.72 Å². The van der Waals surface area contributed by atoms with Gasteiger partial charge in [0, 0.05) is 16.6 Å². The van der Waals surface area contributed by atoms with Crippen LogP contribution in [0.3, 0.4) is 0 Å². The standard InChI is InChI=1S/C26H22N2O4S/c29-26(28-17-23(18-28)32-22-9-2-1-3-10-22)20-13-15-21(16-14-20)27-33(30,31)25-12-6-8-19-7-4-5-11-24(19)25/h1-16,23,27H,17-18H2. The minimum atomic E-state index is -3.78. The summed E-state index contributed by atoms with van der Waals surface area (Å²) in [5.41, 5.74) is 0.898. The summed E-state index contributed by atoms with van der Waals surface area (Å²) in [4.78, 5) is 14.6. The molecular weight excluding hydrogens is 436 g/mol. The number of ether oxygens (including phenoxy) is 1. The number of nitrogens with zero attached hydrogens (tertiary/aromatic N) is 1. The van der Waals surface area contributed by atoms with Crippen molar-refractivity contribution < 1.29 is 17.9 Å². The smallest absolute Gasteiger partial charge is 0.262 e. The van der Waals surface area contributed by atoms with Gasteiger partial charge < -0.3 is 9.64 Å². The summed E-state index contributed by atoms with van der Waals surface area (Å²) >= 11 is 0. The second-order valence-corrected chi connectivity index (χ2v) is 9.57. The van der Waals surface area contributed by atoms with Crippen molar-refractivity contribution in [1.29, 1.82) is 0 Å². The lowest BCUT2D eigenvalue weighted by Gasteiger charge is -2.39. The van der Waals surface area contributed by atoms with Crippen molar-refractivity contribution >= 4 is 32.4 Å². The van der Waals surface area contributed by atoms with Gasteiger partial charge in [-0.2, -0.15) is 0 Å². The third-order valence-corrected chi connectivity index (χ3v) is 7.04. The highest BCUT2D eigenvalue weighted by Crippen LogP contribution is 2.25. The van der Waals surface area contributed by atoms with Gasteiger partial charge in [-0.15, -0.1) is 0 Å². The number of hydrogen-bond acceptors (Lipinski definition) is 4. The van der Waals surface area contributed by atoms with E-state index in [-0.39, 0.29) is 16.9 Å². The van der Waals surface area contributed by atoms with E-state index in [1.165, 1.54) is 0 Å². The molecule has 166 valence electrons. The molecule has 0 aliphatic carbocycles. The zero-order chi connectivity index (χ0) is 22.8. The maximum absolute atomic E-state index is 13.0. The third-order valence-electron chi connectivity index (χ3n) is 5.60. The number of amides is 1. The number of anilines is 1. The predicted molar refractivity (Wildman–Crippen MR) is 128 cm³/mol. The molecule has 4 aromatic rings. The maximum Gasteiger partial charge on any atom is 0.262 e. The van der Waals surface area contributed by atoms with Crippen molar-refractivity contribution in [1.82, 2.24) is 4.90 Å². The molecule has 1 amide bonds. The highest BCUT2D eigenvalue weighted by atomic mass is 32.2. The SMILES string of the molecule is O=C(c1ccc(NS(=O)(=O)c2cccc3ccccc23)cc1)N1CC(Oc2ccccc2)C1. The van der Waals surface area contributed by atoms with E-state index in [4.69, 9.17) is 4.74 Å². The zero-order valence-electron chi connectivity index (χ0n) is 17.7. The molecule has 0 saturated carbocycles. The second kappa shape index (κ2) is 8.60. The first-order chi connectivity index (χ1) is 16.0. The molecule has 0 atom stereocenters. The fourth-order valence-corrected chi connectivity index (χ4v) is 5.16. The minimum absolute atomic E-state index is 0.0249. The molecule has 6 nitrogen and oxygen atoms in total. The second-order valence-electron chi connectivity index (χ2n) is 7.92. The number of carbonyl (C=O) groups is 1. The minimum Gasteiger partial charge on any atom is -0.487 e. The molecule has 1 fully saturated rings. The van der Waals surface area contributed by atoms with Crippen molar-refractivity contribution in [2.24, 2.45) is 0 Å². The van der Waals surface area contributed by atoms with Gasteiger partial charge >= 0.3 is 0 Å². The van der Waals surface area contributed by atoms with Crippen molar-refractivity contribution in [3.63, 3.8) is 0 Å². The number of rotatable bonds is 6. The van der Waals surface area contributed by atoms with Gasteiger partial charge in [-0.25, -0.2) is 8.42 Å². The topological polar surface area (TPSA) is 75.7 Å². The molecule has 1 aliphatic heterocycles. The van der Waals surface area contributed by atoms with Gasteiger partial charge in [0.25, 0.3) is 15.9 Å². The van der Waals surface area contributed by atoms with Crippen LogP contribution in [0.1, 0.15) is 10.4 Å². The van der Waals surface area contributed by atoms with E-state index < -0.39 is 10.0 Å². The number of benzene rings is 4. The van der Waals surface area contributed by atoms with Crippen LogP contribution in [0.2, 0.25) is 0 Å². The van der Waals surface area contributed by atoms with Crippen molar-refractivity contribution in [3.8, 4) is 5.75 Å². The van der Waals surface area contributed by atoms with Crippen LogP contribution in [-0.2, 0) is 10.0 Å². The van der Waals surface area contributed by atoms with Crippen LogP contribution in [0.25, 0.3) is 10.8 Å². The number of fused-ring (bicyclic) bond motifs is 1. The van der Waals surface area contributed by atoms with Crippen LogP contribution in [0.4, 0.5) is 5.69 Å². The number of likely N-dealkylation sites (tertiary alicyclic amines) is 1. The Kier molecular flexibility index (Phi) is 5.48.